The van der Waals surface area contributed by atoms with Crippen LogP contribution in [-0.2, 0) is 4.79 Å². The average Bonchev–Trinajstić information content (AvgIpc) is 3.13. The molecule has 2 N–H and O–H groups in total. The molecule has 216 valence electrons. The highest BCUT2D eigenvalue weighted by Crippen LogP contribution is 2.49. The van der Waals surface area contributed by atoms with Crippen LogP contribution in [0.4, 0.5) is 0 Å². The van der Waals surface area contributed by atoms with Crippen molar-refractivity contribution in [2.45, 2.75) is 124 Å². The first kappa shape index (κ1) is 29.6. The van der Waals surface area contributed by atoms with Gasteiger partial charge >= 0.3 is 5.97 Å². The molecule has 1 heterocycles. The zero-order chi connectivity index (χ0) is 28.4. The van der Waals surface area contributed by atoms with E-state index >= 15 is 0 Å². The smallest absolute Gasteiger partial charge is 0.335 e. The van der Waals surface area contributed by atoms with Gasteiger partial charge < -0.3 is 15.3 Å². The molecule has 6 heteroatoms. The van der Waals surface area contributed by atoms with Gasteiger partial charge in [-0.05, 0) is 91.7 Å². The molecule has 1 spiro atoms. The van der Waals surface area contributed by atoms with Crippen molar-refractivity contribution in [3.8, 4) is 0 Å². The highest BCUT2D eigenvalue weighted by molar-refractivity contribution is 6.39. The SMILES string of the molecule is CC(C)(C)CC[C@H](c1ccc(C(=O)O)cc1)N1C(=O)C(NCC2CCCCC2)=NC12CCC(C(C)(C)C)CC2. The van der Waals surface area contributed by atoms with Crippen molar-refractivity contribution in [2.75, 3.05) is 6.54 Å². The molecule has 0 bridgehead atoms. The van der Waals surface area contributed by atoms with Crippen LogP contribution in [0.1, 0.15) is 134 Å². The van der Waals surface area contributed by atoms with Crippen LogP contribution in [0, 0.1) is 22.7 Å². The Morgan fingerprint density at radius 3 is 2.18 bits per heavy atom. The van der Waals surface area contributed by atoms with Crippen LogP contribution in [-0.4, -0.2) is 39.9 Å². The molecule has 1 aliphatic heterocycles. The second kappa shape index (κ2) is 11.6. The van der Waals surface area contributed by atoms with Gasteiger partial charge in [0.2, 0.25) is 0 Å². The minimum atomic E-state index is -0.931. The van der Waals surface area contributed by atoms with Crippen molar-refractivity contribution in [1.82, 2.24) is 10.2 Å². The maximum Gasteiger partial charge on any atom is 0.335 e. The number of rotatable bonds is 7. The molecule has 39 heavy (non-hydrogen) atoms. The lowest BCUT2D eigenvalue weighted by molar-refractivity contribution is -0.134. The summed E-state index contributed by atoms with van der Waals surface area (Å²) in [7, 11) is 0. The van der Waals surface area contributed by atoms with Crippen molar-refractivity contribution in [2.24, 2.45) is 27.7 Å². The van der Waals surface area contributed by atoms with Gasteiger partial charge in [-0.15, -0.1) is 0 Å². The first-order valence-corrected chi connectivity index (χ1v) is 15.3. The number of aromatic carboxylic acids is 1. The molecule has 4 rings (SSSR count). The Morgan fingerprint density at radius 1 is 1.03 bits per heavy atom. The van der Waals surface area contributed by atoms with Gasteiger partial charge in [-0.25, -0.2) is 9.79 Å². The lowest BCUT2D eigenvalue weighted by atomic mass is 9.69. The fourth-order valence-corrected chi connectivity index (χ4v) is 6.95. The molecule has 0 unspecified atom stereocenters. The second-order valence-electron chi connectivity index (χ2n) is 14.7. The Labute approximate surface area is 236 Å². The first-order valence-electron chi connectivity index (χ1n) is 15.3. The molecule has 0 radical (unpaired) electrons. The molecule has 2 aliphatic carbocycles. The van der Waals surface area contributed by atoms with Gasteiger partial charge in [-0.2, -0.15) is 0 Å². The fourth-order valence-electron chi connectivity index (χ4n) is 6.95. The molecule has 1 aromatic rings. The van der Waals surface area contributed by atoms with Gasteiger partial charge in [0.1, 0.15) is 5.66 Å². The molecule has 2 fully saturated rings. The van der Waals surface area contributed by atoms with Crippen LogP contribution in [0.15, 0.2) is 29.3 Å². The summed E-state index contributed by atoms with van der Waals surface area (Å²) >= 11 is 0. The largest absolute Gasteiger partial charge is 0.478 e. The van der Waals surface area contributed by atoms with Crippen LogP contribution in [0.5, 0.6) is 0 Å². The molecule has 1 amide bonds. The summed E-state index contributed by atoms with van der Waals surface area (Å²) in [4.78, 5) is 33.2. The number of carbonyl (C=O) groups is 2. The summed E-state index contributed by atoms with van der Waals surface area (Å²) < 4.78 is 0. The monoisotopic (exact) mass is 537 g/mol. The van der Waals surface area contributed by atoms with Crippen molar-refractivity contribution >= 4 is 17.7 Å². The Bertz CT molecular complexity index is 1030. The molecular formula is C33H51N3O3. The molecule has 1 atom stereocenters. The lowest BCUT2D eigenvalue weighted by Crippen LogP contribution is -2.52. The summed E-state index contributed by atoms with van der Waals surface area (Å²) in [6.07, 6.45) is 11.9. The third-order valence-corrected chi connectivity index (χ3v) is 9.51. The number of hydrogen-bond acceptors (Lipinski definition) is 4. The Hall–Kier alpha value is -2.37. The molecule has 3 aliphatic rings. The summed E-state index contributed by atoms with van der Waals surface area (Å²) in [6.45, 7) is 14.5. The van der Waals surface area contributed by atoms with Crippen LogP contribution >= 0.6 is 0 Å². The molecular weight excluding hydrogens is 486 g/mol. The predicted molar refractivity (Wildman–Crippen MR) is 158 cm³/mol. The van der Waals surface area contributed by atoms with Crippen LogP contribution in [0.25, 0.3) is 0 Å². The van der Waals surface area contributed by atoms with E-state index in [1.165, 1.54) is 32.1 Å². The zero-order valence-electron chi connectivity index (χ0n) is 25.2. The van der Waals surface area contributed by atoms with Gasteiger partial charge in [0.15, 0.2) is 5.84 Å². The van der Waals surface area contributed by atoms with Gasteiger partial charge in [-0.3, -0.25) is 4.79 Å². The first-order chi connectivity index (χ1) is 18.3. The fraction of sp³-hybridized carbons (Fsp3) is 0.727. The van der Waals surface area contributed by atoms with Gasteiger partial charge in [-0.1, -0.05) is 72.9 Å². The standard InChI is InChI=1S/C33H51N3O3/c1-31(2,3)19-18-27(24-12-14-25(15-13-24)30(38)39)36-29(37)28(34-22-23-10-8-7-9-11-23)35-33(36)20-16-26(17-21-33)32(4,5)6/h12-15,23,26-27H,7-11,16-22H2,1-6H3,(H,34,35)(H,38,39)/t26?,27-,33?/m1/s1. The topological polar surface area (TPSA) is 82.0 Å². The number of hydrogen-bond donors (Lipinski definition) is 2. The lowest BCUT2D eigenvalue weighted by Gasteiger charge is -2.47. The van der Waals surface area contributed by atoms with E-state index in [1.54, 1.807) is 12.1 Å². The summed E-state index contributed by atoms with van der Waals surface area (Å²) in [5.41, 5.74) is 1.08. The van der Waals surface area contributed by atoms with Crippen LogP contribution in [0.3, 0.4) is 0 Å². The number of carboxylic acids is 1. The molecule has 0 aromatic heterocycles. The third kappa shape index (κ3) is 7.05. The van der Waals surface area contributed by atoms with E-state index in [0.29, 0.717) is 17.7 Å². The van der Waals surface area contributed by atoms with E-state index in [-0.39, 0.29) is 28.3 Å². The number of benzene rings is 1. The number of carbonyl (C=O) groups excluding carboxylic acids is 1. The van der Waals surface area contributed by atoms with Crippen molar-refractivity contribution in [3.63, 3.8) is 0 Å². The summed E-state index contributed by atoms with van der Waals surface area (Å²) in [6, 6.07) is 7.02. The quantitative estimate of drug-likeness (QED) is 0.375. The van der Waals surface area contributed by atoms with Crippen LogP contribution in [0.2, 0.25) is 0 Å². The van der Waals surface area contributed by atoms with E-state index in [4.69, 9.17) is 4.99 Å². The normalized spacial score (nSPS) is 25.6. The van der Waals surface area contributed by atoms with Crippen molar-refractivity contribution < 1.29 is 14.7 Å². The molecule has 1 aromatic carbocycles. The number of amidine groups is 1. The molecule has 0 saturated heterocycles. The summed E-state index contributed by atoms with van der Waals surface area (Å²) in [5.74, 6) is 0.840. The average molecular weight is 538 g/mol. The van der Waals surface area contributed by atoms with E-state index in [2.05, 4.69) is 51.8 Å². The Balaban J connectivity index is 1.67. The Kier molecular flexibility index (Phi) is 8.82. The van der Waals surface area contributed by atoms with Gasteiger partial charge in [0.05, 0.1) is 11.6 Å². The van der Waals surface area contributed by atoms with Gasteiger partial charge in [0, 0.05) is 6.54 Å². The summed E-state index contributed by atoms with van der Waals surface area (Å²) in [5, 5.41) is 13.0. The molecule has 6 nitrogen and oxygen atoms in total. The van der Waals surface area contributed by atoms with Crippen molar-refractivity contribution in [3.05, 3.63) is 35.4 Å². The van der Waals surface area contributed by atoms with E-state index in [1.807, 2.05) is 12.1 Å². The zero-order valence-corrected chi connectivity index (χ0v) is 25.2. The maximum atomic E-state index is 14.3. The van der Waals surface area contributed by atoms with E-state index in [0.717, 1.165) is 50.6 Å². The predicted octanol–water partition coefficient (Wildman–Crippen LogP) is 7.60. The number of nitrogens with zero attached hydrogens (tertiary/aromatic N) is 2. The minimum Gasteiger partial charge on any atom is -0.478 e. The van der Waals surface area contributed by atoms with Crippen LogP contribution < -0.4 is 5.32 Å². The molecule has 2 saturated carbocycles. The highest BCUT2D eigenvalue weighted by Gasteiger charge is 2.52. The second-order valence-corrected chi connectivity index (χ2v) is 14.7. The van der Waals surface area contributed by atoms with E-state index < -0.39 is 11.6 Å². The Morgan fingerprint density at radius 2 is 1.64 bits per heavy atom. The third-order valence-electron chi connectivity index (χ3n) is 9.51. The number of carboxylic acid groups (broad SMARTS) is 1. The van der Waals surface area contributed by atoms with Crippen molar-refractivity contribution in [1.29, 1.82) is 0 Å². The van der Waals surface area contributed by atoms with Gasteiger partial charge in [0.25, 0.3) is 5.91 Å². The minimum absolute atomic E-state index is 0.0150. The maximum absolute atomic E-state index is 14.3. The highest BCUT2D eigenvalue weighted by atomic mass is 16.4. The number of nitrogens with one attached hydrogen (secondary N) is 1. The van der Waals surface area contributed by atoms with E-state index in [9.17, 15) is 14.7 Å². The number of amides is 1. The number of aliphatic imine (C=N–C) groups is 1.